The van der Waals surface area contributed by atoms with Crippen molar-refractivity contribution in [2.24, 2.45) is 0 Å². The first kappa shape index (κ1) is 5.29. The van der Waals surface area contributed by atoms with Gasteiger partial charge in [-0.3, -0.25) is 0 Å². The van der Waals surface area contributed by atoms with Crippen LogP contribution in [0.15, 0.2) is 18.5 Å². The number of fused-ring (bicyclic) bond motifs is 1. The molecule has 0 aromatic carbocycles. The number of nitrogen functional groups attached to an aromatic ring is 1. The molecule has 49 valence electrons. The summed E-state index contributed by atoms with van der Waals surface area (Å²) in [4.78, 5) is 6.85. The summed E-state index contributed by atoms with van der Waals surface area (Å²) in [6.45, 7) is 0. The summed E-state index contributed by atoms with van der Waals surface area (Å²) < 4.78 is 0. The number of nitrogens with two attached hydrogens (primary N) is 1. The normalized spacial score (nSPS) is 10.4. The first-order chi connectivity index (χ1) is 4.88. The van der Waals surface area contributed by atoms with E-state index >= 15 is 0 Å². The molecule has 0 atom stereocenters. The van der Waals surface area contributed by atoms with Crippen molar-refractivity contribution in [2.75, 3.05) is 5.73 Å². The average Bonchev–Trinajstić information content (AvgIpc) is 2.36. The summed E-state index contributed by atoms with van der Waals surface area (Å²) in [5.41, 5.74) is 6.40. The second-order valence-corrected chi connectivity index (χ2v) is 2.05. The van der Waals surface area contributed by atoms with Gasteiger partial charge in [-0.1, -0.05) is 0 Å². The molecular weight excluding hydrogens is 126 g/mol. The molecule has 2 aromatic heterocycles. The molecule has 0 unspecified atom stereocenters. The third kappa shape index (κ3) is 0.572. The minimum atomic E-state index is 0.527. The Kier molecular flexibility index (Phi) is 0.917. The van der Waals surface area contributed by atoms with Gasteiger partial charge < -0.3 is 10.7 Å². The second-order valence-electron chi connectivity index (χ2n) is 2.05. The van der Waals surface area contributed by atoms with Gasteiger partial charge in [0.1, 0.15) is 5.82 Å². The van der Waals surface area contributed by atoms with Crippen molar-refractivity contribution < 1.29 is 0 Å². The number of nitrogens with zero attached hydrogens (tertiary/aromatic N) is 1. The maximum atomic E-state index is 5.54. The van der Waals surface area contributed by atoms with Crippen LogP contribution in [0.1, 0.15) is 0 Å². The minimum Gasteiger partial charge on any atom is -0.382 e. The van der Waals surface area contributed by atoms with Gasteiger partial charge in [0.15, 0.2) is 0 Å². The first-order valence-electron chi connectivity index (χ1n) is 2.97. The molecule has 2 rings (SSSR count). The second kappa shape index (κ2) is 1.73. The molecule has 0 bridgehead atoms. The van der Waals surface area contributed by atoms with E-state index in [0.717, 1.165) is 10.9 Å². The monoisotopic (exact) mass is 132 g/mol. The predicted molar refractivity (Wildman–Crippen MR) is 39.3 cm³/mol. The van der Waals surface area contributed by atoms with Crippen LogP contribution in [0, 0.1) is 6.07 Å². The molecule has 0 aliphatic carbocycles. The number of nitrogens with one attached hydrogen (secondary N) is 1. The maximum absolute atomic E-state index is 5.54. The minimum absolute atomic E-state index is 0.527. The van der Waals surface area contributed by atoms with Crippen LogP contribution < -0.4 is 5.73 Å². The van der Waals surface area contributed by atoms with Crippen LogP contribution >= 0.6 is 0 Å². The SMILES string of the molecule is Nc1nccc2[c]c[nH]c12. The lowest BCUT2D eigenvalue weighted by molar-refractivity contribution is 1.34. The molecule has 3 N–H and O–H groups in total. The summed E-state index contributed by atoms with van der Waals surface area (Å²) >= 11 is 0. The lowest BCUT2D eigenvalue weighted by Crippen LogP contribution is -1.89. The van der Waals surface area contributed by atoms with Crippen LogP contribution in [0.5, 0.6) is 0 Å². The van der Waals surface area contributed by atoms with Crippen LogP contribution in [-0.2, 0) is 0 Å². The summed E-state index contributed by atoms with van der Waals surface area (Å²) in [6.07, 6.45) is 3.39. The topological polar surface area (TPSA) is 54.7 Å². The molecule has 0 fully saturated rings. The Balaban J connectivity index is 2.95. The van der Waals surface area contributed by atoms with Crippen LogP contribution in [-0.4, -0.2) is 9.97 Å². The molecular formula is C7H6N3. The number of rotatable bonds is 0. The Hall–Kier alpha value is -1.51. The molecule has 0 saturated heterocycles. The fourth-order valence-corrected chi connectivity index (χ4v) is 0.936. The van der Waals surface area contributed by atoms with Crippen molar-refractivity contribution in [3.05, 3.63) is 24.5 Å². The fourth-order valence-electron chi connectivity index (χ4n) is 0.936. The molecule has 1 radical (unpaired) electrons. The van der Waals surface area contributed by atoms with Gasteiger partial charge in [-0.15, -0.1) is 0 Å². The number of H-pyrrole nitrogens is 1. The molecule has 2 heterocycles. The van der Waals surface area contributed by atoms with Crippen molar-refractivity contribution in [3.63, 3.8) is 0 Å². The van der Waals surface area contributed by atoms with E-state index in [-0.39, 0.29) is 0 Å². The van der Waals surface area contributed by atoms with Crippen molar-refractivity contribution in [1.82, 2.24) is 9.97 Å². The van der Waals surface area contributed by atoms with Gasteiger partial charge >= 0.3 is 0 Å². The average molecular weight is 132 g/mol. The standard InChI is InChI=1S/C7H6N3/c8-7-6-5(1-3-9-6)2-4-10-7/h2-4,9H,(H2,8,10). The number of hydrogen-bond acceptors (Lipinski definition) is 2. The summed E-state index contributed by atoms with van der Waals surface area (Å²) in [5.74, 6) is 0.527. The Morgan fingerprint density at radius 1 is 1.60 bits per heavy atom. The van der Waals surface area contributed by atoms with Crippen LogP contribution in [0.3, 0.4) is 0 Å². The lowest BCUT2D eigenvalue weighted by atomic mass is 10.3. The quantitative estimate of drug-likeness (QED) is 0.560. The number of hydrogen-bond donors (Lipinski definition) is 2. The van der Waals surface area contributed by atoms with Gasteiger partial charge in [0.2, 0.25) is 0 Å². The van der Waals surface area contributed by atoms with E-state index in [1.807, 2.05) is 6.07 Å². The van der Waals surface area contributed by atoms with Gasteiger partial charge in [-0.05, 0) is 6.07 Å². The smallest absolute Gasteiger partial charge is 0.147 e. The van der Waals surface area contributed by atoms with E-state index in [9.17, 15) is 0 Å². The highest BCUT2D eigenvalue weighted by Gasteiger charge is 1.96. The molecule has 0 aliphatic heterocycles. The van der Waals surface area contributed by atoms with Crippen molar-refractivity contribution in [3.8, 4) is 0 Å². The summed E-state index contributed by atoms with van der Waals surface area (Å²) in [6, 6.07) is 4.85. The fraction of sp³-hybridized carbons (Fsp3) is 0. The van der Waals surface area contributed by atoms with Crippen LogP contribution in [0.2, 0.25) is 0 Å². The summed E-state index contributed by atoms with van der Waals surface area (Å²) in [5, 5.41) is 0.979. The zero-order valence-corrected chi connectivity index (χ0v) is 5.26. The van der Waals surface area contributed by atoms with E-state index in [1.54, 1.807) is 12.4 Å². The van der Waals surface area contributed by atoms with Crippen molar-refractivity contribution >= 4 is 16.7 Å². The Labute approximate surface area is 57.9 Å². The zero-order chi connectivity index (χ0) is 6.97. The maximum Gasteiger partial charge on any atom is 0.147 e. The van der Waals surface area contributed by atoms with Gasteiger partial charge in [0.25, 0.3) is 0 Å². The number of anilines is 1. The molecule has 0 saturated carbocycles. The van der Waals surface area contributed by atoms with Crippen LogP contribution in [0.4, 0.5) is 5.82 Å². The Morgan fingerprint density at radius 2 is 2.50 bits per heavy atom. The largest absolute Gasteiger partial charge is 0.382 e. The van der Waals surface area contributed by atoms with Gasteiger partial charge in [-0.2, -0.15) is 0 Å². The third-order valence-corrected chi connectivity index (χ3v) is 1.42. The van der Waals surface area contributed by atoms with Gasteiger partial charge in [0, 0.05) is 23.8 Å². The zero-order valence-electron chi connectivity index (χ0n) is 5.26. The number of pyridine rings is 1. The van der Waals surface area contributed by atoms with Crippen LogP contribution in [0.25, 0.3) is 10.9 Å². The van der Waals surface area contributed by atoms with Crippen molar-refractivity contribution in [2.45, 2.75) is 0 Å². The Bertz CT molecular complexity index is 350. The van der Waals surface area contributed by atoms with E-state index in [1.165, 1.54) is 0 Å². The van der Waals surface area contributed by atoms with Crippen molar-refractivity contribution in [1.29, 1.82) is 0 Å². The lowest BCUT2D eigenvalue weighted by Gasteiger charge is -1.91. The molecule has 0 amide bonds. The number of aromatic nitrogens is 2. The third-order valence-electron chi connectivity index (χ3n) is 1.42. The highest BCUT2D eigenvalue weighted by molar-refractivity contribution is 5.86. The highest BCUT2D eigenvalue weighted by Crippen LogP contribution is 2.14. The predicted octanol–water partition coefficient (Wildman–Crippen LogP) is 0.945. The molecule has 3 nitrogen and oxygen atoms in total. The summed E-state index contributed by atoms with van der Waals surface area (Å²) in [7, 11) is 0. The first-order valence-corrected chi connectivity index (χ1v) is 2.97. The Morgan fingerprint density at radius 3 is 3.30 bits per heavy atom. The molecule has 3 heteroatoms. The molecule has 10 heavy (non-hydrogen) atoms. The van der Waals surface area contributed by atoms with E-state index in [0.29, 0.717) is 5.82 Å². The van der Waals surface area contributed by atoms with Gasteiger partial charge in [0.05, 0.1) is 5.52 Å². The van der Waals surface area contributed by atoms with E-state index < -0.39 is 0 Å². The van der Waals surface area contributed by atoms with Gasteiger partial charge in [-0.25, -0.2) is 4.98 Å². The van der Waals surface area contributed by atoms with E-state index in [4.69, 9.17) is 5.73 Å². The number of aromatic amines is 1. The highest BCUT2D eigenvalue weighted by atomic mass is 14.9. The molecule has 0 aliphatic rings. The van der Waals surface area contributed by atoms with E-state index in [2.05, 4.69) is 16.0 Å². The molecule has 2 aromatic rings. The molecule has 0 spiro atoms.